The summed E-state index contributed by atoms with van der Waals surface area (Å²) < 4.78 is 26.8. The fourth-order valence-corrected chi connectivity index (χ4v) is 5.01. The molecule has 1 unspecified atom stereocenters. The molecule has 1 aliphatic carbocycles. The summed E-state index contributed by atoms with van der Waals surface area (Å²) in [4.78, 5) is 10.8. The van der Waals surface area contributed by atoms with Crippen molar-refractivity contribution in [2.75, 3.05) is 12.3 Å². The summed E-state index contributed by atoms with van der Waals surface area (Å²) in [6.07, 6.45) is 2.59. The maximum absolute atomic E-state index is 12.7. The highest BCUT2D eigenvalue weighted by atomic mass is 35.5. The van der Waals surface area contributed by atoms with E-state index in [1.54, 1.807) is 12.1 Å². The van der Waals surface area contributed by atoms with Crippen LogP contribution < -0.4 is 0 Å². The SMILES string of the molecule is O=CN(O)C(CS(=O)(=O)N1CCc2ccc(Cl)cc2C1)C1CC1. The fraction of sp³-hybridized carbons (Fsp3) is 0.533. The third kappa shape index (κ3) is 3.68. The van der Waals surface area contributed by atoms with Crippen molar-refractivity contribution in [3.8, 4) is 0 Å². The molecular formula is C15H19ClN2O4S. The first-order chi connectivity index (χ1) is 10.9. The van der Waals surface area contributed by atoms with E-state index in [0.29, 0.717) is 23.1 Å². The van der Waals surface area contributed by atoms with Crippen LogP contribution in [0.2, 0.25) is 5.02 Å². The number of halogens is 1. The maximum Gasteiger partial charge on any atom is 0.233 e. The number of hydrogen-bond acceptors (Lipinski definition) is 4. The Morgan fingerprint density at radius 2 is 2.13 bits per heavy atom. The lowest BCUT2D eigenvalue weighted by Crippen LogP contribution is -2.45. The zero-order chi connectivity index (χ0) is 16.6. The zero-order valence-corrected chi connectivity index (χ0v) is 14.1. The molecule has 1 aliphatic heterocycles. The van der Waals surface area contributed by atoms with Crippen molar-refractivity contribution in [2.45, 2.75) is 31.8 Å². The molecule has 3 rings (SSSR count). The lowest BCUT2D eigenvalue weighted by atomic mass is 10.0. The number of nitrogens with zero attached hydrogens (tertiary/aromatic N) is 2. The van der Waals surface area contributed by atoms with Crippen LogP contribution in [0.4, 0.5) is 0 Å². The number of rotatable bonds is 6. The summed E-state index contributed by atoms with van der Waals surface area (Å²) in [5.41, 5.74) is 2.02. The number of carbonyl (C=O) groups is 1. The topological polar surface area (TPSA) is 77.9 Å². The van der Waals surface area contributed by atoms with Crippen molar-refractivity contribution < 1.29 is 18.4 Å². The minimum atomic E-state index is -3.57. The number of amides is 1. The summed E-state index contributed by atoms with van der Waals surface area (Å²) in [5, 5.41) is 10.7. The van der Waals surface area contributed by atoms with Crippen LogP contribution in [0.25, 0.3) is 0 Å². The highest BCUT2D eigenvalue weighted by molar-refractivity contribution is 7.89. The molecule has 1 heterocycles. The van der Waals surface area contributed by atoms with E-state index in [2.05, 4.69) is 0 Å². The molecule has 0 aromatic heterocycles. The van der Waals surface area contributed by atoms with Crippen LogP contribution in [-0.2, 0) is 27.8 Å². The molecule has 0 bridgehead atoms. The molecule has 1 fully saturated rings. The van der Waals surface area contributed by atoms with Gasteiger partial charge in [-0.3, -0.25) is 10.0 Å². The fourth-order valence-electron chi connectivity index (χ4n) is 3.05. The van der Waals surface area contributed by atoms with E-state index < -0.39 is 16.1 Å². The van der Waals surface area contributed by atoms with E-state index in [4.69, 9.17) is 11.6 Å². The van der Waals surface area contributed by atoms with Gasteiger partial charge in [0.25, 0.3) is 0 Å². The highest BCUT2D eigenvalue weighted by Crippen LogP contribution is 2.36. The van der Waals surface area contributed by atoms with Gasteiger partial charge in [0.15, 0.2) is 0 Å². The lowest BCUT2D eigenvalue weighted by Gasteiger charge is -2.31. The van der Waals surface area contributed by atoms with E-state index in [0.717, 1.165) is 24.0 Å². The molecule has 0 spiro atoms. The summed E-state index contributed by atoms with van der Waals surface area (Å²) in [6.45, 7) is 0.684. The van der Waals surface area contributed by atoms with Gasteiger partial charge < -0.3 is 0 Å². The van der Waals surface area contributed by atoms with Gasteiger partial charge in [0.2, 0.25) is 16.4 Å². The molecule has 2 aliphatic rings. The number of hydroxylamine groups is 2. The van der Waals surface area contributed by atoms with Gasteiger partial charge >= 0.3 is 0 Å². The van der Waals surface area contributed by atoms with Gasteiger partial charge in [-0.2, -0.15) is 4.31 Å². The smallest absolute Gasteiger partial charge is 0.233 e. The summed E-state index contributed by atoms with van der Waals surface area (Å²) in [6, 6.07) is 4.86. The third-order valence-corrected chi connectivity index (χ3v) is 6.63. The van der Waals surface area contributed by atoms with E-state index >= 15 is 0 Å². The van der Waals surface area contributed by atoms with E-state index in [1.165, 1.54) is 4.31 Å². The van der Waals surface area contributed by atoms with Gasteiger partial charge in [-0.15, -0.1) is 0 Å². The molecule has 1 saturated carbocycles. The van der Waals surface area contributed by atoms with Crippen LogP contribution in [0, 0.1) is 5.92 Å². The van der Waals surface area contributed by atoms with Crippen LogP contribution >= 0.6 is 11.6 Å². The Kier molecular flexibility index (Phi) is 4.64. The van der Waals surface area contributed by atoms with Gasteiger partial charge in [0.05, 0.1) is 11.8 Å². The molecule has 126 valence electrons. The number of sulfonamides is 1. The Morgan fingerprint density at radius 3 is 2.78 bits per heavy atom. The van der Waals surface area contributed by atoms with Crippen molar-refractivity contribution in [1.82, 2.24) is 9.37 Å². The highest BCUT2D eigenvalue weighted by Gasteiger charge is 2.40. The van der Waals surface area contributed by atoms with E-state index in [9.17, 15) is 18.4 Å². The van der Waals surface area contributed by atoms with Crippen LogP contribution in [-0.4, -0.2) is 47.7 Å². The third-order valence-electron chi connectivity index (χ3n) is 4.53. The largest absolute Gasteiger partial charge is 0.286 e. The zero-order valence-electron chi connectivity index (χ0n) is 12.6. The summed E-state index contributed by atoms with van der Waals surface area (Å²) in [5.74, 6) is -0.186. The molecule has 1 aromatic rings. The van der Waals surface area contributed by atoms with Crippen LogP contribution in [0.15, 0.2) is 18.2 Å². The Morgan fingerprint density at radius 1 is 1.39 bits per heavy atom. The normalized spacial score (nSPS) is 19.9. The number of carbonyl (C=O) groups excluding carboxylic acids is 1. The van der Waals surface area contributed by atoms with Crippen molar-refractivity contribution in [2.24, 2.45) is 5.92 Å². The molecule has 0 saturated heterocycles. The van der Waals surface area contributed by atoms with Gasteiger partial charge in [0.1, 0.15) is 0 Å². The van der Waals surface area contributed by atoms with Gasteiger partial charge in [-0.05, 0) is 48.4 Å². The monoisotopic (exact) mass is 358 g/mol. The van der Waals surface area contributed by atoms with Gasteiger partial charge in [-0.25, -0.2) is 13.5 Å². The molecule has 1 N–H and O–H groups in total. The van der Waals surface area contributed by atoms with Gasteiger partial charge in [0, 0.05) is 18.1 Å². The molecule has 8 heteroatoms. The first-order valence-electron chi connectivity index (χ1n) is 7.58. The van der Waals surface area contributed by atoms with E-state index in [1.807, 2.05) is 6.07 Å². The standard InChI is InChI=1S/C15H19ClN2O4S/c16-14-4-3-11-5-6-17(8-13(11)7-14)23(21,22)9-15(12-1-2-12)18(20)10-19/h3-4,7,10,12,15,20H,1-2,5-6,8-9H2. The molecule has 1 aromatic carbocycles. The second-order valence-corrected chi connectivity index (χ2v) is 8.62. The van der Waals surface area contributed by atoms with Crippen LogP contribution in [0.1, 0.15) is 24.0 Å². The quantitative estimate of drug-likeness (QED) is 0.476. The predicted octanol–water partition coefficient (Wildman–Crippen LogP) is 1.65. The summed E-state index contributed by atoms with van der Waals surface area (Å²) >= 11 is 5.99. The van der Waals surface area contributed by atoms with Crippen molar-refractivity contribution >= 4 is 28.0 Å². The van der Waals surface area contributed by atoms with Crippen molar-refractivity contribution in [1.29, 1.82) is 0 Å². The Hall–Kier alpha value is -1.15. The second kappa shape index (κ2) is 6.39. The number of fused-ring (bicyclic) bond motifs is 1. The van der Waals surface area contributed by atoms with Crippen LogP contribution in [0.3, 0.4) is 0 Å². The van der Waals surface area contributed by atoms with Crippen molar-refractivity contribution in [3.63, 3.8) is 0 Å². The minimum absolute atomic E-state index is 0.0616. The predicted molar refractivity (Wildman–Crippen MR) is 85.6 cm³/mol. The molecular weight excluding hydrogens is 340 g/mol. The lowest BCUT2D eigenvalue weighted by molar-refractivity contribution is -0.160. The Bertz CT molecular complexity index is 705. The number of hydrogen-bond donors (Lipinski definition) is 1. The first-order valence-corrected chi connectivity index (χ1v) is 9.57. The molecule has 23 heavy (non-hydrogen) atoms. The summed E-state index contributed by atoms with van der Waals surface area (Å²) in [7, 11) is -3.57. The Balaban J connectivity index is 1.76. The minimum Gasteiger partial charge on any atom is -0.286 e. The average molecular weight is 359 g/mol. The average Bonchev–Trinajstić information content (AvgIpc) is 3.36. The Labute approximate surface area is 140 Å². The maximum atomic E-state index is 12.7. The molecule has 1 amide bonds. The molecule has 6 nitrogen and oxygen atoms in total. The van der Waals surface area contributed by atoms with Gasteiger partial charge in [-0.1, -0.05) is 17.7 Å². The molecule has 0 radical (unpaired) electrons. The first kappa shape index (κ1) is 16.7. The second-order valence-electron chi connectivity index (χ2n) is 6.17. The van der Waals surface area contributed by atoms with Crippen molar-refractivity contribution in [3.05, 3.63) is 34.3 Å². The van der Waals surface area contributed by atoms with Crippen LogP contribution in [0.5, 0.6) is 0 Å². The number of benzene rings is 1. The van der Waals surface area contributed by atoms with E-state index in [-0.39, 0.29) is 24.6 Å². The molecule has 1 atom stereocenters.